The molecule has 4 aromatic rings. The summed E-state index contributed by atoms with van der Waals surface area (Å²) in [5.41, 5.74) is 3.53. The summed E-state index contributed by atoms with van der Waals surface area (Å²) < 4.78 is 1.97. The van der Waals surface area contributed by atoms with Gasteiger partial charge < -0.3 is 15.5 Å². The van der Waals surface area contributed by atoms with Crippen molar-refractivity contribution in [2.24, 2.45) is 0 Å². The smallest absolute Gasteiger partial charge is 0.226 e. The normalized spacial score (nSPS) is 13.8. The Morgan fingerprint density at radius 3 is 2.94 bits per heavy atom. The van der Waals surface area contributed by atoms with Gasteiger partial charge in [0.15, 0.2) is 17.0 Å². The van der Waals surface area contributed by atoms with Crippen LogP contribution in [0.1, 0.15) is 24.8 Å². The van der Waals surface area contributed by atoms with Gasteiger partial charge in [-0.05, 0) is 35.9 Å². The number of aromatic nitrogens is 5. The van der Waals surface area contributed by atoms with Crippen LogP contribution in [-0.4, -0.2) is 54.9 Å². The monoisotopic (exact) mass is 448 g/mol. The van der Waals surface area contributed by atoms with Gasteiger partial charge in [0.1, 0.15) is 6.33 Å². The number of thiophene rings is 1. The number of amides is 1. The van der Waals surface area contributed by atoms with Crippen molar-refractivity contribution < 1.29 is 4.79 Å². The fraction of sp³-hybridized carbons (Fsp3) is 0.318. The lowest BCUT2D eigenvalue weighted by Crippen LogP contribution is -2.27. The zero-order valence-electron chi connectivity index (χ0n) is 17.6. The maximum Gasteiger partial charge on any atom is 0.226 e. The van der Waals surface area contributed by atoms with Crippen LogP contribution in [-0.2, 0) is 11.3 Å². The Hall–Kier alpha value is -3.53. The molecule has 0 radical (unpaired) electrons. The molecule has 5 rings (SSSR count). The van der Waals surface area contributed by atoms with E-state index in [1.165, 1.54) is 0 Å². The van der Waals surface area contributed by atoms with Gasteiger partial charge in [0.05, 0.1) is 5.69 Å². The highest BCUT2D eigenvalue weighted by Gasteiger charge is 2.19. The Morgan fingerprint density at radius 1 is 1.19 bits per heavy atom. The number of hydrogen-bond donors (Lipinski definition) is 2. The van der Waals surface area contributed by atoms with E-state index in [9.17, 15) is 4.79 Å². The first-order valence-corrected chi connectivity index (χ1v) is 11.6. The summed E-state index contributed by atoms with van der Waals surface area (Å²) in [6.45, 7) is 2.89. The summed E-state index contributed by atoms with van der Waals surface area (Å²) in [4.78, 5) is 31.9. The van der Waals surface area contributed by atoms with Gasteiger partial charge in [0.2, 0.25) is 11.9 Å². The molecule has 4 aromatic heterocycles. The van der Waals surface area contributed by atoms with Crippen LogP contribution in [0.15, 0.2) is 47.7 Å². The van der Waals surface area contributed by atoms with Crippen molar-refractivity contribution in [1.82, 2.24) is 29.4 Å². The van der Waals surface area contributed by atoms with Crippen LogP contribution < -0.4 is 10.6 Å². The van der Waals surface area contributed by atoms with E-state index in [1.54, 1.807) is 23.9 Å². The van der Waals surface area contributed by atoms with Crippen LogP contribution in [0, 0.1) is 0 Å². The minimum absolute atomic E-state index is 0.254. The van der Waals surface area contributed by atoms with Gasteiger partial charge in [-0.25, -0.2) is 4.98 Å². The Morgan fingerprint density at radius 2 is 2.16 bits per heavy atom. The number of hydrogen-bond acceptors (Lipinski definition) is 8. The maximum atomic E-state index is 11.8. The van der Waals surface area contributed by atoms with E-state index in [4.69, 9.17) is 4.98 Å². The minimum Gasteiger partial charge on any atom is -0.364 e. The minimum atomic E-state index is 0.254. The van der Waals surface area contributed by atoms with Gasteiger partial charge in [0, 0.05) is 50.4 Å². The van der Waals surface area contributed by atoms with Gasteiger partial charge >= 0.3 is 0 Å². The Labute approximate surface area is 189 Å². The first kappa shape index (κ1) is 20.4. The molecule has 32 heavy (non-hydrogen) atoms. The first-order chi connectivity index (χ1) is 15.8. The molecule has 0 unspecified atom stereocenters. The van der Waals surface area contributed by atoms with Crippen LogP contribution in [0.4, 0.5) is 11.8 Å². The molecule has 10 heteroatoms. The fourth-order valence-corrected chi connectivity index (χ4v) is 4.41. The van der Waals surface area contributed by atoms with Crippen molar-refractivity contribution in [3.8, 4) is 5.69 Å². The quantitative estimate of drug-likeness (QED) is 0.379. The second-order valence-electron chi connectivity index (χ2n) is 7.64. The molecule has 0 bridgehead atoms. The van der Waals surface area contributed by atoms with Crippen LogP contribution >= 0.6 is 11.3 Å². The Kier molecular flexibility index (Phi) is 5.93. The van der Waals surface area contributed by atoms with Crippen LogP contribution in [0.5, 0.6) is 0 Å². The third-order valence-electron chi connectivity index (χ3n) is 5.42. The molecule has 0 saturated carbocycles. The average Bonchev–Trinajstić information content (AvgIpc) is 3.57. The number of nitrogens with one attached hydrogen (secondary N) is 2. The number of carbonyl (C=O) groups excluding carboxylic acids is 1. The molecule has 2 N–H and O–H groups in total. The van der Waals surface area contributed by atoms with Crippen LogP contribution in [0.2, 0.25) is 0 Å². The van der Waals surface area contributed by atoms with Crippen molar-refractivity contribution in [2.75, 3.05) is 30.3 Å². The average molecular weight is 449 g/mol. The molecule has 1 fully saturated rings. The summed E-state index contributed by atoms with van der Waals surface area (Å²) >= 11 is 1.63. The number of likely N-dealkylation sites (tertiary alicyclic amines) is 1. The second kappa shape index (κ2) is 9.31. The molecule has 1 aliphatic rings. The summed E-state index contributed by atoms with van der Waals surface area (Å²) in [5, 5.41) is 10.8. The van der Waals surface area contributed by atoms with Crippen molar-refractivity contribution in [1.29, 1.82) is 0 Å². The fourth-order valence-electron chi connectivity index (χ4n) is 3.78. The molecule has 9 nitrogen and oxygen atoms in total. The molecular weight excluding hydrogens is 424 g/mol. The molecule has 0 atom stereocenters. The lowest BCUT2D eigenvalue weighted by molar-refractivity contribution is -0.127. The molecule has 164 valence electrons. The maximum absolute atomic E-state index is 11.8. The number of imidazole rings is 1. The van der Waals surface area contributed by atoms with E-state index in [0.717, 1.165) is 42.8 Å². The summed E-state index contributed by atoms with van der Waals surface area (Å²) in [6.07, 6.45) is 7.84. The first-order valence-electron chi connectivity index (χ1n) is 10.7. The van der Waals surface area contributed by atoms with Gasteiger partial charge in [-0.1, -0.05) is 6.07 Å². The third-order valence-corrected chi connectivity index (χ3v) is 6.09. The van der Waals surface area contributed by atoms with E-state index in [0.29, 0.717) is 36.8 Å². The zero-order chi connectivity index (χ0) is 21.8. The lowest BCUT2D eigenvalue weighted by atomic mass is 10.3. The lowest BCUT2D eigenvalue weighted by Gasteiger charge is -2.15. The van der Waals surface area contributed by atoms with Crippen LogP contribution in [0.3, 0.4) is 0 Å². The molecule has 0 aliphatic carbocycles. The summed E-state index contributed by atoms with van der Waals surface area (Å²) in [5.74, 6) is 1.46. The van der Waals surface area contributed by atoms with Crippen molar-refractivity contribution >= 4 is 40.2 Å². The SMILES string of the molecule is O=C1CCCN1CCCNc1nc(NCc2cccnc2)c2ncn(-c3ccsc3)c2n1. The van der Waals surface area contributed by atoms with E-state index in [1.807, 2.05) is 39.2 Å². The van der Waals surface area contributed by atoms with E-state index >= 15 is 0 Å². The zero-order valence-corrected chi connectivity index (χ0v) is 18.4. The van der Waals surface area contributed by atoms with E-state index in [-0.39, 0.29) is 5.91 Å². The number of carbonyl (C=O) groups is 1. The van der Waals surface area contributed by atoms with E-state index < -0.39 is 0 Å². The van der Waals surface area contributed by atoms with Crippen molar-refractivity contribution in [2.45, 2.75) is 25.8 Å². The molecule has 1 saturated heterocycles. The number of rotatable bonds is 9. The molecule has 5 heterocycles. The molecular formula is C22H24N8OS. The standard InChI is InChI=1S/C22H24N8OS/c31-18-5-2-9-29(18)10-3-8-24-22-27-20(25-13-16-4-1-7-23-12-16)19-21(28-22)30(15-26-19)17-6-11-32-14-17/h1,4,6-7,11-12,14-15H,2-3,5,8-10,13H2,(H2,24,25,27,28). The predicted octanol–water partition coefficient (Wildman–Crippen LogP) is 3.31. The van der Waals surface area contributed by atoms with Gasteiger partial charge in [-0.2, -0.15) is 21.3 Å². The van der Waals surface area contributed by atoms with Gasteiger partial charge in [-0.15, -0.1) is 0 Å². The third kappa shape index (κ3) is 4.40. The highest BCUT2D eigenvalue weighted by molar-refractivity contribution is 7.08. The number of pyridine rings is 1. The van der Waals surface area contributed by atoms with E-state index in [2.05, 4.69) is 31.0 Å². The number of anilines is 2. The molecule has 1 amide bonds. The Balaban J connectivity index is 1.36. The van der Waals surface area contributed by atoms with Crippen molar-refractivity contribution in [3.05, 3.63) is 53.2 Å². The molecule has 0 aromatic carbocycles. The summed E-state index contributed by atoms with van der Waals surface area (Å²) in [6, 6.07) is 5.97. The predicted molar refractivity (Wildman–Crippen MR) is 125 cm³/mol. The molecule has 1 aliphatic heterocycles. The van der Waals surface area contributed by atoms with Gasteiger partial charge in [-0.3, -0.25) is 14.3 Å². The highest BCUT2D eigenvalue weighted by Crippen LogP contribution is 2.25. The van der Waals surface area contributed by atoms with Crippen molar-refractivity contribution in [3.63, 3.8) is 0 Å². The molecule has 0 spiro atoms. The second-order valence-corrected chi connectivity index (χ2v) is 8.42. The number of nitrogens with zero attached hydrogens (tertiary/aromatic N) is 6. The van der Waals surface area contributed by atoms with Crippen LogP contribution in [0.25, 0.3) is 16.9 Å². The summed E-state index contributed by atoms with van der Waals surface area (Å²) in [7, 11) is 0. The number of fused-ring (bicyclic) bond motifs is 1. The highest BCUT2D eigenvalue weighted by atomic mass is 32.1. The topological polar surface area (TPSA) is 101 Å². The Bertz CT molecular complexity index is 1190. The largest absolute Gasteiger partial charge is 0.364 e. The van der Waals surface area contributed by atoms with Gasteiger partial charge in [0.25, 0.3) is 0 Å².